The number of carbonyl (C=O) groups excluding carboxylic acids is 1. The summed E-state index contributed by atoms with van der Waals surface area (Å²) in [6.45, 7) is 0.241. The highest BCUT2D eigenvalue weighted by atomic mass is 32.1. The van der Waals surface area contributed by atoms with E-state index in [0.717, 1.165) is 11.1 Å². The lowest BCUT2D eigenvalue weighted by Crippen LogP contribution is -2.07. The highest BCUT2D eigenvalue weighted by Gasteiger charge is 2.13. The summed E-state index contributed by atoms with van der Waals surface area (Å²) in [7, 11) is 0. The molecule has 112 valence electrons. The van der Waals surface area contributed by atoms with E-state index in [1.54, 1.807) is 23.6 Å². The van der Waals surface area contributed by atoms with E-state index in [1.807, 2.05) is 16.8 Å². The summed E-state index contributed by atoms with van der Waals surface area (Å²) in [6.07, 6.45) is 1.76. The van der Waals surface area contributed by atoms with Gasteiger partial charge in [0.1, 0.15) is 6.61 Å². The normalized spacial score (nSPS) is 10.7. The number of ether oxygens (including phenoxy) is 1. The van der Waals surface area contributed by atoms with Crippen LogP contribution in [0.3, 0.4) is 0 Å². The van der Waals surface area contributed by atoms with Crippen LogP contribution in [-0.4, -0.2) is 15.9 Å². The summed E-state index contributed by atoms with van der Waals surface area (Å²) in [5, 5.41) is 15.3. The lowest BCUT2D eigenvalue weighted by Gasteiger charge is -2.03. The number of fused-ring (bicyclic) bond motifs is 1. The summed E-state index contributed by atoms with van der Waals surface area (Å²) in [6, 6.07) is 6.42. The van der Waals surface area contributed by atoms with Crippen molar-refractivity contribution in [3.05, 3.63) is 62.5 Å². The number of carbonyl (C=O) groups is 1. The Kier molecular flexibility index (Phi) is 3.88. The zero-order valence-corrected chi connectivity index (χ0v) is 12.3. The predicted molar refractivity (Wildman–Crippen MR) is 82.8 cm³/mol. The molecule has 1 N–H and O–H groups in total. The van der Waals surface area contributed by atoms with E-state index in [-0.39, 0.29) is 24.7 Å². The van der Waals surface area contributed by atoms with Crippen LogP contribution in [0.25, 0.3) is 10.9 Å². The SMILES string of the molecule is O=C(Cc1c[nH]c2ccc([N+](=O)[O-])cc12)OCc1ccsc1. The zero-order chi connectivity index (χ0) is 15.5. The first-order chi connectivity index (χ1) is 10.6. The molecule has 0 aliphatic carbocycles. The van der Waals surface area contributed by atoms with Crippen LogP contribution in [0.4, 0.5) is 5.69 Å². The van der Waals surface area contributed by atoms with Gasteiger partial charge in [-0.3, -0.25) is 14.9 Å². The zero-order valence-electron chi connectivity index (χ0n) is 11.4. The molecule has 0 radical (unpaired) electrons. The number of thiophene rings is 1. The van der Waals surface area contributed by atoms with Crippen molar-refractivity contribution in [1.82, 2.24) is 4.98 Å². The molecule has 0 aliphatic heterocycles. The van der Waals surface area contributed by atoms with Crippen molar-refractivity contribution in [2.24, 2.45) is 0 Å². The van der Waals surface area contributed by atoms with Crippen LogP contribution in [0.1, 0.15) is 11.1 Å². The fourth-order valence-corrected chi connectivity index (χ4v) is 2.82. The number of nitro groups is 1. The van der Waals surface area contributed by atoms with Gasteiger partial charge < -0.3 is 9.72 Å². The summed E-state index contributed by atoms with van der Waals surface area (Å²) < 4.78 is 5.21. The topological polar surface area (TPSA) is 85.2 Å². The first kappa shape index (κ1) is 14.3. The summed E-state index contributed by atoms with van der Waals surface area (Å²) >= 11 is 1.54. The van der Waals surface area contributed by atoms with Crippen LogP contribution in [0.2, 0.25) is 0 Å². The van der Waals surface area contributed by atoms with Crippen molar-refractivity contribution in [3.63, 3.8) is 0 Å². The van der Waals surface area contributed by atoms with Crippen molar-refractivity contribution < 1.29 is 14.5 Å². The fourth-order valence-electron chi connectivity index (χ4n) is 2.17. The average Bonchev–Trinajstić information content (AvgIpc) is 3.14. The Labute approximate surface area is 129 Å². The molecule has 0 saturated heterocycles. The average molecular weight is 316 g/mol. The van der Waals surface area contributed by atoms with Gasteiger partial charge in [-0.2, -0.15) is 11.3 Å². The van der Waals surface area contributed by atoms with Gasteiger partial charge in [0.25, 0.3) is 5.69 Å². The standard InChI is InChI=1S/C15H12N2O4S/c18-15(21-8-10-3-4-22-9-10)5-11-7-16-14-2-1-12(17(19)20)6-13(11)14/h1-4,6-7,9,16H,5,8H2. The number of rotatable bonds is 5. The van der Waals surface area contributed by atoms with Crippen molar-refractivity contribution in [2.75, 3.05) is 0 Å². The van der Waals surface area contributed by atoms with Gasteiger partial charge in [0.05, 0.1) is 11.3 Å². The van der Waals surface area contributed by atoms with E-state index in [2.05, 4.69) is 4.98 Å². The summed E-state index contributed by atoms with van der Waals surface area (Å²) in [5.41, 5.74) is 2.40. The number of esters is 1. The van der Waals surface area contributed by atoms with Crippen molar-refractivity contribution in [3.8, 4) is 0 Å². The predicted octanol–water partition coefficient (Wildman–Crippen LogP) is 3.42. The molecule has 2 heterocycles. The van der Waals surface area contributed by atoms with Gasteiger partial charge in [-0.1, -0.05) is 0 Å². The highest BCUT2D eigenvalue weighted by molar-refractivity contribution is 7.07. The van der Waals surface area contributed by atoms with Gasteiger partial charge >= 0.3 is 5.97 Å². The number of hydrogen-bond acceptors (Lipinski definition) is 5. The molecule has 7 heteroatoms. The van der Waals surface area contributed by atoms with E-state index < -0.39 is 4.92 Å². The number of benzene rings is 1. The molecule has 1 aromatic carbocycles. The second-order valence-corrected chi connectivity index (χ2v) is 5.55. The molecular weight excluding hydrogens is 304 g/mol. The summed E-state index contributed by atoms with van der Waals surface area (Å²) in [5.74, 6) is -0.362. The molecule has 2 aromatic heterocycles. The molecule has 0 bridgehead atoms. The number of H-pyrrole nitrogens is 1. The van der Waals surface area contributed by atoms with Crippen molar-refractivity contribution in [1.29, 1.82) is 0 Å². The number of aromatic nitrogens is 1. The molecule has 0 aliphatic rings. The first-order valence-corrected chi connectivity index (χ1v) is 7.49. The van der Waals surface area contributed by atoms with Crippen LogP contribution < -0.4 is 0 Å². The van der Waals surface area contributed by atoms with Crippen molar-refractivity contribution in [2.45, 2.75) is 13.0 Å². The Morgan fingerprint density at radius 3 is 2.95 bits per heavy atom. The molecule has 0 unspecified atom stereocenters. The van der Waals surface area contributed by atoms with Crippen LogP contribution in [0.15, 0.2) is 41.2 Å². The molecule has 0 saturated carbocycles. The van der Waals surface area contributed by atoms with Gasteiger partial charge in [-0.05, 0) is 28.5 Å². The number of nitro benzene ring substituents is 1. The van der Waals surface area contributed by atoms with Crippen LogP contribution in [0.5, 0.6) is 0 Å². The van der Waals surface area contributed by atoms with Crippen LogP contribution in [0, 0.1) is 10.1 Å². The second-order valence-electron chi connectivity index (χ2n) is 4.77. The third-order valence-electron chi connectivity index (χ3n) is 3.28. The maximum absolute atomic E-state index is 11.9. The molecular formula is C15H12N2O4S. The molecule has 3 rings (SSSR count). The molecule has 0 amide bonds. The van der Waals surface area contributed by atoms with E-state index >= 15 is 0 Å². The fraction of sp³-hybridized carbons (Fsp3) is 0.133. The Balaban J connectivity index is 1.74. The number of hydrogen-bond donors (Lipinski definition) is 1. The quantitative estimate of drug-likeness (QED) is 0.444. The Hall–Kier alpha value is -2.67. The lowest BCUT2D eigenvalue weighted by atomic mass is 10.1. The summed E-state index contributed by atoms with van der Waals surface area (Å²) in [4.78, 5) is 25.3. The molecule has 6 nitrogen and oxygen atoms in total. The minimum atomic E-state index is -0.453. The number of nitrogens with zero attached hydrogens (tertiary/aromatic N) is 1. The molecule has 0 fully saturated rings. The lowest BCUT2D eigenvalue weighted by molar-refractivity contribution is -0.384. The maximum Gasteiger partial charge on any atom is 0.310 e. The number of nitrogens with one attached hydrogen (secondary N) is 1. The van der Waals surface area contributed by atoms with Gasteiger partial charge in [0.2, 0.25) is 0 Å². The van der Waals surface area contributed by atoms with Gasteiger partial charge in [-0.15, -0.1) is 0 Å². The molecule has 3 aromatic rings. The van der Waals surface area contributed by atoms with Gasteiger partial charge in [0.15, 0.2) is 0 Å². The molecule has 0 atom stereocenters. The third-order valence-corrected chi connectivity index (χ3v) is 4.01. The highest BCUT2D eigenvalue weighted by Crippen LogP contribution is 2.24. The number of non-ortho nitro benzene ring substituents is 1. The van der Waals surface area contributed by atoms with Crippen LogP contribution in [-0.2, 0) is 22.6 Å². The Morgan fingerprint density at radius 2 is 2.23 bits per heavy atom. The minimum absolute atomic E-state index is 0.00000879. The van der Waals surface area contributed by atoms with Crippen LogP contribution >= 0.6 is 11.3 Å². The van der Waals surface area contributed by atoms with Gasteiger partial charge in [0, 0.05) is 34.8 Å². The van der Waals surface area contributed by atoms with Gasteiger partial charge in [-0.25, -0.2) is 0 Å². The van der Waals surface area contributed by atoms with E-state index in [9.17, 15) is 14.9 Å². The number of aromatic amines is 1. The largest absolute Gasteiger partial charge is 0.461 e. The second kappa shape index (κ2) is 5.98. The molecule has 0 spiro atoms. The molecule has 22 heavy (non-hydrogen) atoms. The van der Waals surface area contributed by atoms with Crippen molar-refractivity contribution >= 4 is 33.9 Å². The smallest absolute Gasteiger partial charge is 0.310 e. The van der Waals surface area contributed by atoms with E-state index in [0.29, 0.717) is 10.9 Å². The first-order valence-electron chi connectivity index (χ1n) is 6.54. The maximum atomic E-state index is 11.9. The minimum Gasteiger partial charge on any atom is -0.461 e. The third kappa shape index (κ3) is 2.99. The monoisotopic (exact) mass is 316 g/mol. The Bertz CT molecular complexity index is 823. The Morgan fingerprint density at radius 1 is 1.36 bits per heavy atom. The van der Waals surface area contributed by atoms with E-state index in [1.165, 1.54) is 12.1 Å². The van der Waals surface area contributed by atoms with E-state index in [4.69, 9.17) is 4.74 Å².